The van der Waals surface area contributed by atoms with Crippen molar-refractivity contribution in [3.05, 3.63) is 71.8 Å². The molecule has 0 aliphatic heterocycles. The third-order valence-electron chi connectivity index (χ3n) is 3.68. The van der Waals surface area contributed by atoms with Crippen LogP contribution in [-0.4, -0.2) is 36.4 Å². The molecule has 26 heavy (non-hydrogen) atoms. The third kappa shape index (κ3) is 6.09. The van der Waals surface area contributed by atoms with Gasteiger partial charge in [-0.1, -0.05) is 55.5 Å². The van der Waals surface area contributed by atoms with Crippen LogP contribution < -0.4 is 10.5 Å². The summed E-state index contributed by atoms with van der Waals surface area (Å²) in [7, 11) is 0. The Labute approximate surface area is 154 Å². The van der Waals surface area contributed by atoms with Gasteiger partial charge in [-0.3, -0.25) is 9.59 Å². The molecule has 0 heterocycles. The molecule has 0 unspecified atom stereocenters. The zero-order chi connectivity index (χ0) is 18.8. The predicted octanol–water partition coefficient (Wildman–Crippen LogP) is 3.12. The molecule has 0 saturated heterocycles. The van der Waals surface area contributed by atoms with Gasteiger partial charge in [-0.2, -0.15) is 0 Å². The van der Waals surface area contributed by atoms with Crippen molar-refractivity contribution in [2.24, 2.45) is 5.73 Å². The number of nitrogens with two attached hydrogens (primary N) is 1. The van der Waals surface area contributed by atoms with Crippen molar-refractivity contribution in [2.75, 3.05) is 19.7 Å². The van der Waals surface area contributed by atoms with E-state index in [2.05, 4.69) is 0 Å². The zero-order valence-electron chi connectivity index (χ0n) is 14.9. The van der Waals surface area contributed by atoms with Crippen molar-refractivity contribution < 1.29 is 14.3 Å². The third-order valence-corrected chi connectivity index (χ3v) is 3.68. The molecule has 2 aromatic carbocycles. The number of carbonyl (C=O) groups excluding carboxylic acids is 2. The largest absolute Gasteiger partial charge is 0.484 e. The Kier molecular flexibility index (Phi) is 7.43. The molecule has 2 rings (SSSR count). The number of carbonyl (C=O) groups is 2. The Morgan fingerprint density at radius 3 is 2.58 bits per heavy atom. The van der Waals surface area contributed by atoms with E-state index in [0.29, 0.717) is 24.4 Å². The summed E-state index contributed by atoms with van der Waals surface area (Å²) in [5, 5.41) is 0. The normalized spacial score (nSPS) is 10.7. The highest BCUT2D eigenvalue weighted by Gasteiger charge is 2.14. The molecule has 0 aliphatic carbocycles. The maximum Gasteiger partial charge on any atom is 0.255 e. The first-order valence-corrected chi connectivity index (χ1v) is 8.62. The van der Waals surface area contributed by atoms with Crippen LogP contribution in [-0.2, 0) is 4.79 Å². The van der Waals surface area contributed by atoms with E-state index in [4.69, 9.17) is 10.5 Å². The molecule has 136 valence electrons. The molecular weight excluding hydrogens is 328 g/mol. The first kappa shape index (κ1) is 19.2. The number of nitrogens with zero attached hydrogens (tertiary/aromatic N) is 1. The Bertz CT molecular complexity index is 757. The lowest BCUT2D eigenvalue weighted by Crippen LogP contribution is -2.32. The predicted molar refractivity (Wildman–Crippen MR) is 103 cm³/mol. The Morgan fingerprint density at radius 2 is 1.88 bits per heavy atom. The van der Waals surface area contributed by atoms with Crippen LogP contribution in [0.3, 0.4) is 0 Å². The van der Waals surface area contributed by atoms with Crippen LogP contribution in [0.1, 0.15) is 29.3 Å². The second-order valence-electron chi connectivity index (χ2n) is 5.85. The maximum atomic E-state index is 12.8. The minimum absolute atomic E-state index is 0.0749. The van der Waals surface area contributed by atoms with Crippen LogP contribution in [0.5, 0.6) is 5.75 Å². The lowest BCUT2D eigenvalue weighted by Gasteiger charge is -2.21. The molecular formula is C21H24N2O3. The van der Waals surface area contributed by atoms with Crippen LogP contribution in [0.4, 0.5) is 0 Å². The number of primary amides is 1. The van der Waals surface area contributed by atoms with E-state index in [1.54, 1.807) is 29.2 Å². The second-order valence-corrected chi connectivity index (χ2v) is 5.85. The van der Waals surface area contributed by atoms with Gasteiger partial charge in [0.1, 0.15) is 5.75 Å². The van der Waals surface area contributed by atoms with Gasteiger partial charge in [0.25, 0.3) is 11.8 Å². The summed E-state index contributed by atoms with van der Waals surface area (Å²) in [5.41, 5.74) is 6.70. The summed E-state index contributed by atoms with van der Waals surface area (Å²) >= 11 is 0. The summed E-state index contributed by atoms with van der Waals surface area (Å²) in [6.45, 7) is 3.00. The average Bonchev–Trinajstić information content (AvgIpc) is 2.66. The molecule has 2 amide bonds. The average molecular weight is 352 g/mol. The van der Waals surface area contributed by atoms with E-state index in [0.717, 1.165) is 12.0 Å². The lowest BCUT2D eigenvalue weighted by atomic mass is 10.1. The Balaban J connectivity index is 2.06. The number of hydrogen-bond acceptors (Lipinski definition) is 3. The molecule has 5 nitrogen and oxygen atoms in total. The van der Waals surface area contributed by atoms with Crippen molar-refractivity contribution >= 4 is 17.9 Å². The quantitative estimate of drug-likeness (QED) is 0.754. The smallest absolute Gasteiger partial charge is 0.255 e. The summed E-state index contributed by atoms with van der Waals surface area (Å²) < 4.78 is 5.28. The monoisotopic (exact) mass is 352 g/mol. The Morgan fingerprint density at radius 1 is 1.12 bits per heavy atom. The summed E-state index contributed by atoms with van der Waals surface area (Å²) in [6, 6.07) is 16.8. The van der Waals surface area contributed by atoms with Crippen LogP contribution in [0, 0.1) is 0 Å². The first-order chi connectivity index (χ1) is 12.6. The zero-order valence-corrected chi connectivity index (χ0v) is 14.9. The summed E-state index contributed by atoms with van der Waals surface area (Å²) in [4.78, 5) is 25.4. The molecule has 0 atom stereocenters. The van der Waals surface area contributed by atoms with Gasteiger partial charge < -0.3 is 15.4 Å². The highest BCUT2D eigenvalue weighted by Crippen LogP contribution is 2.15. The summed E-state index contributed by atoms with van der Waals surface area (Å²) in [6.07, 6.45) is 4.85. The highest BCUT2D eigenvalue weighted by molar-refractivity contribution is 5.94. The molecule has 0 aromatic heterocycles. The molecule has 0 radical (unpaired) electrons. The molecule has 0 spiro atoms. The first-order valence-electron chi connectivity index (χ1n) is 8.62. The molecule has 2 N–H and O–H groups in total. The molecule has 5 heteroatoms. The van der Waals surface area contributed by atoms with E-state index < -0.39 is 5.91 Å². The Hall–Kier alpha value is -3.08. The molecule has 0 aliphatic rings. The van der Waals surface area contributed by atoms with Crippen molar-refractivity contribution in [2.45, 2.75) is 13.3 Å². The second kappa shape index (κ2) is 10.0. The molecule has 0 bridgehead atoms. The summed E-state index contributed by atoms with van der Waals surface area (Å²) in [5.74, 6) is -0.180. The number of benzene rings is 2. The van der Waals surface area contributed by atoms with Gasteiger partial charge in [-0.25, -0.2) is 0 Å². The van der Waals surface area contributed by atoms with Crippen LogP contribution in [0.2, 0.25) is 0 Å². The molecule has 0 fully saturated rings. The van der Waals surface area contributed by atoms with E-state index in [9.17, 15) is 9.59 Å². The van der Waals surface area contributed by atoms with Gasteiger partial charge in [0.15, 0.2) is 6.61 Å². The standard InChI is InChI=1S/C21H24N2O3/c1-2-13-23(14-7-10-17-8-4-3-5-9-17)21(25)18-11-6-12-19(15-18)26-16-20(22)24/h3-12,15H,2,13-14,16H2,1H3,(H2,22,24). The van der Waals surface area contributed by atoms with Gasteiger partial charge in [0.05, 0.1) is 0 Å². The van der Waals surface area contributed by atoms with Crippen LogP contribution >= 0.6 is 0 Å². The van der Waals surface area contributed by atoms with Crippen LogP contribution in [0.15, 0.2) is 60.7 Å². The number of hydrogen-bond donors (Lipinski definition) is 1. The number of rotatable bonds is 9. The lowest BCUT2D eigenvalue weighted by molar-refractivity contribution is -0.119. The minimum atomic E-state index is -0.555. The fourth-order valence-electron chi connectivity index (χ4n) is 2.48. The minimum Gasteiger partial charge on any atom is -0.484 e. The van der Waals surface area contributed by atoms with Crippen molar-refractivity contribution in [3.8, 4) is 5.75 Å². The van der Waals surface area contributed by atoms with Crippen molar-refractivity contribution in [1.82, 2.24) is 4.90 Å². The fourth-order valence-corrected chi connectivity index (χ4v) is 2.48. The van der Waals surface area contributed by atoms with Gasteiger partial charge >= 0.3 is 0 Å². The SMILES string of the molecule is CCCN(CC=Cc1ccccc1)C(=O)c1cccc(OCC(N)=O)c1. The number of ether oxygens (including phenoxy) is 1. The van der Waals surface area contributed by atoms with Gasteiger partial charge in [0, 0.05) is 18.7 Å². The number of amides is 2. The van der Waals surface area contributed by atoms with E-state index in [-0.39, 0.29) is 12.5 Å². The van der Waals surface area contributed by atoms with Gasteiger partial charge in [-0.05, 0) is 30.2 Å². The fraction of sp³-hybridized carbons (Fsp3) is 0.238. The van der Waals surface area contributed by atoms with Gasteiger partial charge in [0.2, 0.25) is 0 Å². The maximum absolute atomic E-state index is 12.8. The molecule has 2 aromatic rings. The van der Waals surface area contributed by atoms with E-state index in [1.165, 1.54) is 0 Å². The topological polar surface area (TPSA) is 72.6 Å². The van der Waals surface area contributed by atoms with E-state index in [1.807, 2.05) is 49.4 Å². The van der Waals surface area contributed by atoms with Crippen molar-refractivity contribution in [1.29, 1.82) is 0 Å². The van der Waals surface area contributed by atoms with Gasteiger partial charge in [-0.15, -0.1) is 0 Å². The van der Waals surface area contributed by atoms with Crippen molar-refractivity contribution in [3.63, 3.8) is 0 Å². The van der Waals surface area contributed by atoms with Crippen LogP contribution in [0.25, 0.3) is 6.08 Å². The van der Waals surface area contributed by atoms with E-state index >= 15 is 0 Å². The highest BCUT2D eigenvalue weighted by atomic mass is 16.5. The molecule has 0 saturated carbocycles.